The predicted molar refractivity (Wildman–Crippen MR) is 86.6 cm³/mol. The van der Waals surface area contributed by atoms with Crippen LogP contribution in [-0.4, -0.2) is 38.3 Å². The second-order valence-corrected chi connectivity index (χ2v) is 6.16. The highest BCUT2D eigenvalue weighted by Crippen LogP contribution is 2.07. The largest absolute Gasteiger partial charge is 0.469 e. The fourth-order valence-electron chi connectivity index (χ4n) is 1.57. The second kappa shape index (κ2) is 8.72. The van der Waals surface area contributed by atoms with E-state index in [0.717, 1.165) is 31.2 Å². The number of furan rings is 1. The minimum atomic E-state index is -0.256. The lowest BCUT2D eigenvalue weighted by molar-refractivity contribution is 0.0310. The van der Waals surface area contributed by atoms with Gasteiger partial charge >= 0.3 is 0 Å². The summed E-state index contributed by atoms with van der Waals surface area (Å²) in [6, 6.07) is 3.89. The minimum absolute atomic E-state index is 0.256. The maximum Gasteiger partial charge on any atom is 0.191 e. The maximum atomic E-state index is 5.40. The van der Waals surface area contributed by atoms with Gasteiger partial charge in [-0.05, 0) is 31.9 Å². The molecule has 0 radical (unpaired) electrons. The van der Waals surface area contributed by atoms with E-state index in [-0.39, 0.29) is 5.60 Å². The van der Waals surface area contributed by atoms with Gasteiger partial charge in [-0.3, -0.25) is 4.99 Å². The van der Waals surface area contributed by atoms with Gasteiger partial charge in [0.05, 0.1) is 18.4 Å². The molecule has 5 nitrogen and oxygen atoms in total. The topological polar surface area (TPSA) is 58.8 Å². The first-order valence-electron chi connectivity index (χ1n) is 7.52. The number of rotatable bonds is 8. The van der Waals surface area contributed by atoms with Crippen LogP contribution >= 0.6 is 0 Å². The van der Waals surface area contributed by atoms with Crippen molar-refractivity contribution in [3.8, 4) is 0 Å². The van der Waals surface area contributed by atoms with Crippen LogP contribution in [0.3, 0.4) is 0 Å². The van der Waals surface area contributed by atoms with E-state index in [2.05, 4.69) is 29.5 Å². The molecule has 0 saturated heterocycles. The summed E-state index contributed by atoms with van der Waals surface area (Å²) in [7, 11) is 1.71. The number of guanidine groups is 1. The molecular formula is C16H29N3O2. The van der Waals surface area contributed by atoms with Gasteiger partial charge in [0.15, 0.2) is 5.96 Å². The average molecular weight is 295 g/mol. The highest BCUT2D eigenvalue weighted by molar-refractivity contribution is 5.79. The molecule has 0 aliphatic carbocycles. The van der Waals surface area contributed by atoms with Crippen LogP contribution in [0.1, 0.15) is 33.5 Å². The molecule has 0 aliphatic heterocycles. The molecule has 0 aromatic carbocycles. The number of nitrogens with zero attached hydrogens (tertiary/aromatic N) is 1. The summed E-state index contributed by atoms with van der Waals surface area (Å²) in [6.07, 6.45) is 2.53. The Labute approximate surface area is 128 Å². The van der Waals surface area contributed by atoms with Crippen LogP contribution in [0, 0.1) is 5.92 Å². The van der Waals surface area contributed by atoms with Gasteiger partial charge in [0, 0.05) is 26.6 Å². The fraction of sp³-hybridized carbons (Fsp3) is 0.688. The number of ether oxygens (including phenoxy) is 1. The Kier molecular flexibility index (Phi) is 7.29. The Morgan fingerprint density at radius 2 is 2.14 bits per heavy atom. The monoisotopic (exact) mass is 295 g/mol. The third-order valence-corrected chi connectivity index (χ3v) is 3.09. The van der Waals surface area contributed by atoms with E-state index in [9.17, 15) is 0 Å². The summed E-state index contributed by atoms with van der Waals surface area (Å²) in [5.41, 5.74) is -0.256. The van der Waals surface area contributed by atoms with Crippen LogP contribution < -0.4 is 10.6 Å². The molecule has 1 aromatic heterocycles. The van der Waals surface area contributed by atoms with Crippen LogP contribution in [0.4, 0.5) is 0 Å². The van der Waals surface area contributed by atoms with E-state index in [1.54, 1.807) is 13.4 Å². The van der Waals surface area contributed by atoms with Crippen molar-refractivity contribution in [1.82, 2.24) is 10.6 Å². The highest BCUT2D eigenvalue weighted by Gasteiger charge is 2.15. The Balaban J connectivity index is 2.48. The van der Waals surface area contributed by atoms with Crippen molar-refractivity contribution in [1.29, 1.82) is 0 Å². The Hall–Kier alpha value is -1.49. The molecule has 0 amide bonds. The first-order chi connectivity index (χ1) is 9.93. The molecule has 1 aromatic rings. The Morgan fingerprint density at radius 3 is 2.71 bits per heavy atom. The van der Waals surface area contributed by atoms with Gasteiger partial charge in [0.25, 0.3) is 0 Å². The molecule has 1 heterocycles. The number of hydrogen-bond donors (Lipinski definition) is 2. The van der Waals surface area contributed by atoms with Gasteiger partial charge in [-0.1, -0.05) is 13.8 Å². The van der Waals surface area contributed by atoms with E-state index >= 15 is 0 Å². The first kappa shape index (κ1) is 17.6. The lowest BCUT2D eigenvalue weighted by Gasteiger charge is -2.21. The third kappa shape index (κ3) is 7.75. The van der Waals surface area contributed by atoms with Gasteiger partial charge < -0.3 is 19.8 Å². The zero-order chi connectivity index (χ0) is 15.7. The number of hydrogen-bond acceptors (Lipinski definition) is 3. The first-order valence-corrected chi connectivity index (χ1v) is 7.52. The summed E-state index contributed by atoms with van der Waals surface area (Å²) in [5, 5.41) is 6.68. The molecule has 0 bridgehead atoms. The molecule has 120 valence electrons. The molecule has 0 spiro atoms. The molecule has 0 fully saturated rings. The quantitative estimate of drug-likeness (QED) is 0.571. The van der Waals surface area contributed by atoms with E-state index in [0.29, 0.717) is 12.5 Å². The Morgan fingerprint density at radius 1 is 1.38 bits per heavy atom. The van der Waals surface area contributed by atoms with E-state index < -0.39 is 0 Å². The summed E-state index contributed by atoms with van der Waals surface area (Å²) >= 11 is 0. The van der Waals surface area contributed by atoms with Gasteiger partial charge in [-0.2, -0.15) is 0 Å². The number of aliphatic imine (C=N–C) groups is 1. The minimum Gasteiger partial charge on any atom is -0.469 e. The number of nitrogens with one attached hydrogen (secondary N) is 2. The molecular weight excluding hydrogens is 266 g/mol. The SMILES string of the molecule is COC(C)(C)CN=C(NCCc1ccco1)NCC(C)C. The van der Waals surface area contributed by atoms with Crippen LogP contribution in [0.15, 0.2) is 27.8 Å². The molecule has 5 heteroatoms. The van der Waals surface area contributed by atoms with Crippen LogP contribution in [0.2, 0.25) is 0 Å². The van der Waals surface area contributed by atoms with Crippen molar-refractivity contribution >= 4 is 5.96 Å². The molecule has 21 heavy (non-hydrogen) atoms. The fourth-order valence-corrected chi connectivity index (χ4v) is 1.57. The van der Waals surface area contributed by atoms with Crippen molar-refractivity contribution in [3.63, 3.8) is 0 Å². The smallest absolute Gasteiger partial charge is 0.191 e. The summed E-state index contributed by atoms with van der Waals surface area (Å²) < 4.78 is 10.7. The Bertz CT molecular complexity index is 411. The highest BCUT2D eigenvalue weighted by atomic mass is 16.5. The molecule has 0 unspecified atom stereocenters. The van der Waals surface area contributed by atoms with Crippen LogP contribution in [0.25, 0.3) is 0 Å². The lowest BCUT2D eigenvalue weighted by Crippen LogP contribution is -2.41. The molecule has 0 saturated carbocycles. The maximum absolute atomic E-state index is 5.40. The zero-order valence-electron chi connectivity index (χ0n) is 13.9. The lowest BCUT2D eigenvalue weighted by atomic mass is 10.1. The van der Waals surface area contributed by atoms with Crippen LogP contribution in [0.5, 0.6) is 0 Å². The molecule has 2 N–H and O–H groups in total. The van der Waals surface area contributed by atoms with Crippen molar-refractivity contribution in [3.05, 3.63) is 24.2 Å². The molecule has 0 atom stereocenters. The van der Waals surface area contributed by atoms with E-state index in [1.165, 1.54) is 0 Å². The molecule has 1 rings (SSSR count). The van der Waals surface area contributed by atoms with E-state index in [1.807, 2.05) is 26.0 Å². The molecule has 0 aliphatic rings. The van der Waals surface area contributed by atoms with Gasteiger partial charge in [0.2, 0.25) is 0 Å². The van der Waals surface area contributed by atoms with Crippen molar-refractivity contribution in [2.45, 2.75) is 39.7 Å². The van der Waals surface area contributed by atoms with Gasteiger partial charge in [-0.15, -0.1) is 0 Å². The summed E-state index contributed by atoms with van der Waals surface area (Å²) in [6.45, 7) is 10.7. The second-order valence-electron chi connectivity index (χ2n) is 6.16. The average Bonchev–Trinajstić information content (AvgIpc) is 2.94. The zero-order valence-corrected chi connectivity index (χ0v) is 13.9. The summed E-state index contributed by atoms with van der Waals surface area (Å²) in [4.78, 5) is 4.60. The predicted octanol–water partition coefficient (Wildman–Crippen LogP) is 2.44. The van der Waals surface area contributed by atoms with Crippen LogP contribution in [-0.2, 0) is 11.2 Å². The number of methoxy groups -OCH3 is 1. The van der Waals surface area contributed by atoms with Crippen molar-refractivity contribution in [2.75, 3.05) is 26.7 Å². The normalized spacial score (nSPS) is 12.8. The van der Waals surface area contributed by atoms with Gasteiger partial charge in [-0.25, -0.2) is 0 Å². The third-order valence-electron chi connectivity index (χ3n) is 3.09. The van der Waals surface area contributed by atoms with Crippen molar-refractivity contribution < 1.29 is 9.15 Å². The van der Waals surface area contributed by atoms with E-state index in [4.69, 9.17) is 9.15 Å². The van der Waals surface area contributed by atoms with Crippen molar-refractivity contribution in [2.24, 2.45) is 10.9 Å². The standard InChI is InChI=1S/C16H29N3O2/c1-13(2)11-18-15(19-12-16(3,4)20-5)17-9-8-14-7-6-10-21-14/h6-7,10,13H,8-9,11-12H2,1-5H3,(H2,17,18,19). The van der Waals surface area contributed by atoms with Gasteiger partial charge in [0.1, 0.15) is 5.76 Å². The summed E-state index contributed by atoms with van der Waals surface area (Å²) in [5.74, 6) is 2.36.